The number of aromatic nitrogens is 3. The molecule has 1 rings (SSSR count). The molecule has 8 nitrogen and oxygen atoms in total. The van der Waals surface area contributed by atoms with Crippen LogP contribution in [-0.4, -0.2) is 54.5 Å². The second-order valence-electron chi connectivity index (χ2n) is 13.5. The zero-order chi connectivity index (χ0) is 35.8. The quantitative estimate of drug-likeness (QED) is 0.0258. The number of rotatable bonds is 21. The molecule has 0 aliphatic rings. The molecule has 0 aliphatic heterocycles. The molecule has 46 heavy (non-hydrogen) atoms. The monoisotopic (exact) mass is 666 g/mol. The van der Waals surface area contributed by atoms with Crippen LogP contribution in [0.25, 0.3) is 10.4 Å². The molecule has 0 saturated heterocycles. The van der Waals surface area contributed by atoms with Crippen molar-refractivity contribution in [2.75, 3.05) is 13.2 Å². The summed E-state index contributed by atoms with van der Waals surface area (Å²) in [5.41, 5.74) is 16.5. The highest BCUT2D eigenvalue weighted by Gasteiger charge is 2.33. The summed E-state index contributed by atoms with van der Waals surface area (Å²) in [4.78, 5) is 2.83. The predicted octanol–water partition coefficient (Wildman–Crippen LogP) is 9.81. The van der Waals surface area contributed by atoms with Crippen molar-refractivity contribution in [2.24, 2.45) is 5.11 Å². The van der Waals surface area contributed by atoms with Gasteiger partial charge in [-0.3, -0.25) is 4.68 Å². The second kappa shape index (κ2) is 25.0. The maximum absolute atomic E-state index is 9.06. The van der Waals surface area contributed by atoms with Crippen LogP contribution in [0.15, 0.2) is 84.2 Å². The highest BCUT2D eigenvalue weighted by molar-refractivity contribution is 6.82. The highest BCUT2D eigenvalue weighted by Crippen LogP contribution is 2.36. The van der Waals surface area contributed by atoms with Gasteiger partial charge in [-0.15, -0.1) is 51.0 Å². The maximum Gasteiger partial charge on any atom is 0.108 e. The third kappa shape index (κ3) is 23.2. The van der Waals surface area contributed by atoms with Crippen molar-refractivity contribution in [2.45, 2.75) is 116 Å². The first-order chi connectivity index (χ1) is 21.5. The van der Waals surface area contributed by atoms with E-state index in [1.165, 1.54) is 39.5 Å². The van der Waals surface area contributed by atoms with Gasteiger partial charge >= 0.3 is 0 Å². The molecule has 1 aromatic heterocycles. The molecular formula is C36H62N6O2Si2. The van der Waals surface area contributed by atoms with E-state index < -0.39 is 16.1 Å². The first kappa shape index (κ1) is 44.9. The second-order valence-corrected chi connectivity index (χ2v) is 22.6. The molecule has 0 atom stereocenters. The van der Waals surface area contributed by atoms with Crippen molar-refractivity contribution in [1.29, 1.82) is 0 Å². The molecule has 256 valence electrons. The van der Waals surface area contributed by atoms with Crippen molar-refractivity contribution < 1.29 is 10.2 Å². The van der Waals surface area contributed by atoms with Gasteiger partial charge in [-0.05, 0) is 89.8 Å². The first-order valence-electron chi connectivity index (χ1n) is 15.9. The van der Waals surface area contributed by atoms with Crippen LogP contribution in [0.4, 0.5) is 0 Å². The van der Waals surface area contributed by atoms with E-state index in [-0.39, 0.29) is 13.2 Å². The van der Waals surface area contributed by atoms with Crippen molar-refractivity contribution in [1.82, 2.24) is 15.0 Å². The lowest BCUT2D eigenvalue weighted by molar-refractivity contribution is 0.276. The van der Waals surface area contributed by atoms with Gasteiger partial charge in [0, 0.05) is 18.0 Å². The Labute approximate surface area is 282 Å². The number of aryl methyl sites for hydroxylation is 1. The molecule has 2 N–H and O–H groups in total. The van der Waals surface area contributed by atoms with Crippen LogP contribution >= 0.6 is 0 Å². The van der Waals surface area contributed by atoms with E-state index in [2.05, 4.69) is 108 Å². The van der Waals surface area contributed by atoms with E-state index in [1.807, 2.05) is 16.8 Å². The number of nitrogens with zero attached hydrogens (tertiary/aromatic N) is 6. The number of azide groups is 1. The van der Waals surface area contributed by atoms with E-state index in [0.29, 0.717) is 12.2 Å². The van der Waals surface area contributed by atoms with Crippen LogP contribution in [-0.2, 0) is 13.2 Å². The number of hydrogen-bond acceptors (Lipinski definition) is 5. The summed E-state index contributed by atoms with van der Waals surface area (Å²) in [7, 11) is -3.07. The van der Waals surface area contributed by atoms with Gasteiger partial charge in [-0.25, -0.2) is 0 Å². The topological polar surface area (TPSA) is 120 Å². The van der Waals surface area contributed by atoms with E-state index in [1.54, 1.807) is 0 Å². The Hall–Kier alpha value is -3.20. The Morgan fingerprint density at radius 1 is 0.804 bits per heavy atom. The van der Waals surface area contributed by atoms with Gasteiger partial charge in [0.1, 0.15) is 12.3 Å². The average Bonchev–Trinajstić information content (AvgIpc) is 3.37. The largest absolute Gasteiger partial charge is 0.390 e. The van der Waals surface area contributed by atoms with Crippen LogP contribution in [0.1, 0.15) is 60.1 Å². The van der Waals surface area contributed by atoms with Gasteiger partial charge in [-0.2, -0.15) is 0 Å². The minimum atomic E-state index is -1.55. The molecule has 0 unspecified atom stereocenters. The summed E-state index contributed by atoms with van der Waals surface area (Å²) in [6, 6.07) is 9.09. The van der Waals surface area contributed by atoms with Crippen LogP contribution in [0, 0.1) is 12.3 Å². The molecule has 0 aliphatic carbocycles. The van der Waals surface area contributed by atoms with E-state index in [0.717, 1.165) is 61.7 Å². The summed E-state index contributed by atoms with van der Waals surface area (Å²) in [6.45, 7) is 38.7. The number of aliphatic hydroxyl groups excluding tert-OH is 2. The lowest BCUT2D eigenvalue weighted by Gasteiger charge is -2.33. The van der Waals surface area contributed by atoms with Gasteiger partial charge in [0.25, 0.3) is 0 Å². The lowest BCUT2D eigenvalue weighted by Crippen LogP contribution is -2.35. The molecule has 1 aromatic rings. The standard InChI is InChI=1S/C18H31N3OSi.C15H27N3Si.C3H4O/c1-15(2)12-23(13-16(3)4,14-17(5)6)9-7-8-21-10-18(11-22)19-20-21;1-13(2)10-19(11-14(3)4,12-15(5)6)9-7-8-17-18-16;1-2-3-4/h10,22H,1,3,5,7-9,11-14H2,2,4,6H3;1,3,5,7-12H2,2,4,6H3;1,4H,3H2. The molecule has 0 aromatic carbocycles. The fourth-order valence-corrected chi connectivity index (χ4v) is 17.8. The zero-order valence-corrected chi connectivity index (χ0v) is 31.9. The van der Waals surface area contributed by atoms with Gasteiger partial charge in [0.05, 0.1) is 29.0 Å². The number of hydrogen-bond donors (Lipinski definition) is 2. The predicted molar refractivity (Wildman–Crippen MR) is 204 cm³/mol. The molecule has 1 heterocycles. The van der Waals surface area contributed by atoms with Crippen LogP contribution < -0.4 is 0 Å². The Morgan fingerprint density at radius 3 is 1.46 bits per heavy atom. The Kier molecular flexibility index (Phi) is 24.4. The molecule has 0 saturated carbocycles. The Bertz CT molecular complexity index is 1160. The Morgan fingerprint density at radius 2 is 1.17 bits per heavy atom. The normalized spacial score (nSPS) is 10.6. The molecular weight excluding hydrogens is 605 g/mol. The van der Waals surface area contributed by atoms with E-state index >= 15 is 0 Å². The maximum atomic E-state index is 9.06. The van der Waals surface area contributed by atoms with Crippen LogP contribution in [0.5, 0.6) is 0 Å². The fourth-order valence-electron chi connectivity index (χ4n) is 6.45. The zero-order valence-electron chi connectivity index (χ0n) is 29.9. The smallest absolute Gasteiger partial charge is 0.108 e. The summed E-state index contributed by atoms with van der Waals surface area (Å²) in [6.07, 6.45) is 8.37. The van der Waals surface area contributed by atoms with Crippen molar-refractivity contribution in [3.63, 3.8) is 0 Å². The third-order valence-corrected chi connectivity index (χ3v) is 18.0. The lowest BCUT2D eigenvalue weighted by atomic mass is 10.4. The molecule has 0 radical (unpaired) electrons. The average molecular weight is 667 g/mol. The Balaban J connectivity index is 0. The van der Waals surface area contributed by atoms with Gasteiger partial charge in [0.2, 0.25) is 0 Å². The SMILES string of the molecule is C#CCO.C=C(C)C[Si](CCCN=[N+]=[N-])(CC(=C)C)CC(=C)C.C=C(C)C[Si](CCCn1cc(CO)nn1)(CC(=C)C)CC(=C)C. The van der Waals surface area contributed by atoms with E-state index in [9.17, 15) is 0 Å². The van der Waals surface area contributed by atoms with Crippen LogP contribution in [0.2, 0.25) is 48.4 Å². The molecule has 0 bridgehead atoms. The fraction of sp³-hybridized carbons (Fsp3) is 0.556. The number of allylic oxidation sites excluding steroid dienone is 6. The van der Waals surface area contributed by atoms with Crippen LogP contribution in [0.3, 0.4) is 0 Å². The minimum absolute atomic E-state index is 0.0559. The van der Waals surface area contributed by atoms with Crippen molar-refractivity contribution >= 4 is 16.1 Å². The minimum Gasteiger partial charge on any atom is -0.390 e. The number of terminal acetylenes is 1. The molecule has 0 amide bonds. The molecule has 0 fully saturated rings. The summed E-state index contributed by atoms with van der Waals surface area (Å²) >= 11 is 0. The summed E-state index contributed by atoms with van der Waals surface area (Å²) < 4.78 is 1.83. The third-order valence-electron chi connectivity index (χ3n) is 7.02. The van der Waals surface area contributed by atoms with Gasteiger partial charge in [0.15, 0.2) is 0 Å². The molecule has 10 heteroatoms. The highest BCUT2D eigenvalue weighted by atomic mass is 28.3. The molecule has 0 spiro atoms. The summed E-state index contributed by atoms with van der Waals surface area (Å²) in [5.74, 6) is 1.99. The van der Waals surface area contributed by atoms with Gasteiger partial charge in [-0.1, -0.05) is 68.2 Å². The van der Waals surface area contributed by atoms with E-state index in [4.69, 9.17) is 15.7 Å². The van der Waals surface area contributed by atoms with Crippen molar-refractivity contribution in [3.05, 3.63) is 95.2 Å². The first-order valence-corrected chi connectivity index (χ1v) is 21.6. The van der Waals surface area contributed by atoms with Gasteiger partial charge < -0.3 is 10.2 Å². The summed E-state index contributed by atoms with van der Waals surface area (Å²) in [5, 5.41) is 28.3. The number of aliphatic hydroxyl groups is 2. The van der Waals surface area contributed by atoms with Crippen molar-refractivity contribution in [3.8, 4) is 12.3 Å².